The van der Waals surface area contributed by atoms with E-state index < -0.39 is 66.0 Å². The average Bonchev–Trinajstić information content (AvgIpc) is 2.30. The first-order valence-corrected chi connectivity index (χ1v) is 13.1. The van der Waals surface area contributed by atoms with Gasteiger partial charge in [0, 0.05) is 0 Å². The molecule has 24 nitrogen and oxygen atoms in total. The first-order valence-electron chi connectivity index (χ1n) is 4.38. The molecule has 0 rings (SSSR count). The second-order valence-electron chi connectivity index (χ2n) is 1.79. The van der Waals surface area contributed by atoms with Gasteiger partial charge >= 0.3 is 103 Å². The maximum Gasteiger partial charge on any atom is 3.00 e. The summed E-state index contributed by atoms with van der Waals surface area (Å²) in [4.78, 5) is 136. The standard InChI is InChI=1S/Ce.Mg.8HO3P.Tb/c;;8*1-4(2)3;/h;;8*(H,1,2,3);/q+3;+2;;;;;;;;;+3/p-8. The van der Waals surface area contributed by atoms with Crippen LogP contribution in [0.2, 0.25) is 0 Å². The first-order chi connectivity index (χ1) is 13.9. The summed E-state index contributed by atoms with van der Waals surface area (Å²) in [5.41, 5.74) is 0. The number of rotatable bonds is 0. The van der Waals surface area contributed by atoms with Gasteiger partial charge in [0.1, 0.15) is 0 Å². The first kappa shape index (κ1) is 71.6. The molecule has 0 unspecified atom stereocenters. The largest absolute Gasteiger partial charge is 3.00 e. The number of hydrogen-bond donors (Lipinski definition) is 0. The zero-order valence-corrected chi connectivity index (χ0v) is 28.8. The molecule has 0 aliphatic heterocycles. The smallest absolute Gasteiger partial charge is 0.598 e. The topological polar surface area (TPSA) is 506 Å². The van der Waals surface area contributed by atoms with Gasteiger partial charge in [0.2, 0.25) is 0 Å². The van der Waals surface area contributed by atoms with Crippen LogP contribution in [0.5, 0.6) is 0 Å². The summed E-state index contributed by atoms with van der Waals surface area (Å²) in [6.45, 7) is 0. The molecule has 0 spiro atoms. The van der Waals surface area contributed by atoms with Gasteiger partial charge in [-0.25, -0.2) is 0 Å². The quantitative estimate of drug-likeness (QED) is 0.161. The Labute approximate surface area is 280 Å². The Balaban J connectivity index is -0.0000000206. The van der Waals surface area contributed by atoms with Crippen molar-refractivity contribution < 1.29 is 195 Å². The molecule has 35 heteroatoms. The molecule has 35 heavy (non-hydrogen) atoms. The third-order valence-corrected chi connectivity index (χ3v) is 0. The predicted molar refractivity (Wildman–Crippen MR) is 66.6 cm³/mol. The molecule has 0 aliphatic rings. The van der Waals surface area contributed by atoms with E-state index in [0.717, 1.165) is 0 Å². The monoisotopic (exact) mass is 954 g/mol. The van der Waals surface area contributed by atoms with Crippen LogP contribution in [0.1, 0.15) is 0 Å². The summed E-state index contributed by atoms with van der Waals surface area (Å²) < 4.78 is 67.9. The molecule has 0 fully saturated rings. The number of hydrogen-bond acceptors (Lipinski definition) is 24. The van der Waals surface area contributed by atoms with Crippen LogP contribution in [0, 0.1) is 80.4 Å². The summed E-state index contributed by atoms with van der Waals surface area (Å²) in [5, 5.41) is 0. The van der Waals surface area contributed by atoms with Crippen molar-refractivity contribution in [3.8, 4) is 0 Å². The molecule has 1 radical (unpaired) electrons. The molecule has 0 N–H and O–H groups in total. The van der Waals surface area contributed by atoms with Crippen LogP contribution in [0.15, 0.2) is 0 Å². The van der Waals surface area contributed by atoms with E-state index in [2.05, 4.69) is 0 Å². The molecular formula is CeMgO24P8Tb. The van der Waals surface area contributed by atoms with Gasteiger partial charge in [-0.15, -0.1) is 0 Å². The van der Waals surface area contributed by atoms with Crippen molar-refractivity contribution in [2.75, 3.05) is 0 Å². The molecular weight excluding hydrogens is 955 g/mol. The minimum atomic E-state index is -3.37. The molecule has 0 aliphatic carbocycles. The Morgan fingerprint density at radius 1 is 0.257 bits per heavy atom. The van der Waals surface area contributed by atoms with Gasteiger partial charge in [0.25, 0.3) is 66.0 Å². The van der Waals surface area contributed by atoms with Gasteiger partial charge in [-0.1, -0.05) is 36.5 Å². The molecule has 0 saturated heterocycles. The second-order valence-corrected chi connectivity index (χ2v) is 5.37. The van der Waals surface area contributed by atoms with Crippen LogP contribution in [0.4, 0.5) is 0 Å². The Bertz CT molecular complexity index is 374. The normalized spacial score (nSPS) is 5.94. The van der Waals surface area contributed by atoms with Gasteiger partial charge < -0.3 is 78.3 Å². The van der Waals surface area contributed by atoms with Gasteiger partial charge in [-0.3, -0.25) is 0 Å². The fraction of sp³-hybridized carbons (Fsp3) is 0. The molecule has 0 bridgehead atoms. The van der Waals surface area contributed by atoms with Crippen molar-refractivity contribution in [3.63, 3.8) is 0 Å². The van der Waals surface area contributed by atoms with Crippen LogP contribution in [-0.2, 0) is 36.5 Å². The van der Waals surface area contributed by atoms with Gasteiger partial charge in [0.15, 0.2) is 0 Å². The molecule has 0 atom stereocenters. The van der Waals surface area contributed by atoms with Crippen molar-refractivity contribution >= 4 is 89.1 Å². The molecule has 199 valence electrons. The zero-order chi connectivity index (χ0) is 28.6. The van der Waals surface area contributed by atoms with E-state index in [1.807, 2.05) is 0 Å². The van der Waals surface area contributed by atoms with E-state index >= 15 is 0 Å². The van der Waals surface area contributed by atoms with Gasteiger partial charge in [0.05, 0.1) is 0 Å². The van der Waals surface area contributed by atoms with Gasteiger partial charge in [-0.05, 0) is 0 Å². The maximum atomic E-state index is 8.48. The molecule has 0 amide bonds. The zero-order valence-electron chi connectivity index (χ0n) is 14.9. The summed E-state index contributed by atoms with van der Waals surface area (Å²) >= 11 is 0. The van der Waals surface area contributed by atoms with Crippen LogP contribution in [0.3, 0.4) is 0 Å². The van der Waals surface area contributed by atoms with E-state index in [-0.39, 0.29) is 103 Å². The third-order valence-electron chi connectivity index (χ3n) is 0. The Kier molecular flexibility index (Phi) is 135. The molecule has 0 saturated carbocycles. The minimum absolute atomic E-state index is 0. The third kappa shape index (κ3) is 3700. The van der Waals surface area contributed by atoms with Crippen LogP contribution in [-0.4, -0.2) is 23.1 Å². The van der Waals surface area contributed by atoms with Crippen molar-refractivity contribution in [3.05, 3.63) is 0 Å². The summed E-state index contributed by atoms with van der Waals surface area (Å²) in [6, 6.07) is 0. The summed E-state index contributed by atoms with van der Waals surface area (Å²) in [6.07, 6.45) is 0. The van der Waals surface area contributed by atoms with Crippen molar-refractivity contribution in [2.45, 2.75) is 0 Å². The van der Waals surface area contributed by atoms with Crippen molar-refractivity contribution in [2.24, 2.45) is 0 Å². The van der Waals surface area contributed by atoms with Crippen molar-refractivity contribution in [1.29, 1.82) is 0 Å². The predicted octanol–water partition coefficient (Wildman–Crippen LogP) is -13.5. The summed E-state index contributed by atoms with van der Waals surface area (Å²) in [7, 11) is -27.0. The van der Waals surface area contributed by atoms with E-state index in [0.29, 0.717) is 0 Å². The fourth-order valence-electron chi connectivity index (χ4n) is 0. The van der Waals surface area contributed by atoms with Crippen LogP contribution in [0.25, 0.3) is 0 Å². The Morgan fingerprint density at radius 3 is 0.257 bits per heavy atom. The van der Waals surface area contributed by atoms with Gasteiger partial charge in [-0.2, -0.15) is 0 Å². The average molecular weight is 955 g/mol. The minimum Gasteiger partial charge on any atom is -0.598 e. The summed E-state index contributed by atoms with van der Waals surface area (Å²) in [5.74, 6) is 0. The second kappa shape index (κ2) is 66.1. The van der Waals surface area contributed by atoms with Crippen molar-refractivity contribution in [1.82, 2.24) is 0 Å². The van der Waals surface area contributed by atoms with Crippen LogP contribution < -0.4 is 78.3 Å². The molecule has 0 aromatic heterocycles. The SMILES string of the molecule is O=[P+]([O-])[O-].O=[P+]([O-])[O-].O=[P+]([O-])[O-].O=[P+]([O-])[O-].O=[P+]([O-])[O-].O=[P+]([O-])[O-].O=[P+]([O-])[O-].O=[P+]([O-])[O-].[Ce+3].[Mg+2].[Tb+3]. The molecule has 0 aromatic carbocycles. The van der Waals surface area contributed by atoms with E-state index in [4.69, 9.17) is 115 Å². The van der Waals surface area contributed by atoms with Crippen LogP contribution >= 0.6 is 66.0 Å². The van der Waals surface area contributed by atoms with E-state index in [1.165, 1.54) is 0 Å². The van der Waals surface area contributed by atoms with E-state index in [1.54, 1.807) is 0 Å². The Hall–Kier alpha value is 3.59. The maximum absolute atomic E-state index is 8.48. The Morgan fingerprint density at radius 2 is 0.257 bits per heavy atom. The molecule has 0 aromatic rings. The molecule has 0 heterocycles. The van der Waals surface area contributed by atoms with E-state index in [9.17, 15) is 0 Å². The fourth-order valence-corrected chi connectivity index (χ4v) is 0.